The molecule has 0 aromatic heterocycles. The van der Waals surface area contributed by atoms with Crippen molar-refractivity contribution in [3.8, 4) is 11.8 Å². The number of halogens is 1. The number of anilines is 1. The molecule has 1 rings (SSSR count). The van der Waals surface area contributed by atoms with Crippen LogP contribution in [0.4, 0.5) is 10.1 Å². The first kappa shape index (κ1) is 15.2. The summed E-state index contributed by atoms with van der Waals surface area (Å²) in [6.45, 7) is 4.12. The fourth-order valence-electron chi connectivity index (χ4n) is 1.77. The Balaban J connectivity index is 2.97. The van der Waals surface area contributed by atoms with Crippen molar-refractivity contribution in [2.45, 2.75) is 26.7 Å². The first-order valence-corrected chi connectivity index (χ1v) is 6.41. The maximum absolute atomic E-state index is 13.2. The number of amides is 1. The van der Waals surface area contributed by atoms with E-state index < -0.39 is 0 Å². The fourth-order valence-corrected chi connectivity index (χ4v) is 1.77. The summed E-state index contributed by atoms with van der Waals surface area (Å²) in [5.41, 5.74) is 6.28. The molecule has 0 aliphatic carbocycles. The zero-order valence-corrected chi connectivity index (χ0v) is 11.3. The molecule has 0 aliphatic rings. The lowest BCUT2D eigenvalue weighted by Gasteiger charge is -2.13. The second-order valence-electron chi connectivity index (χ2n) is 4.20. The van der Waals surface area contributed by atoms with Crippen molar-refractivity contribution in [1.82, 2.24) is 0 Å². The average Bonchev–Trinajstić information content (AvgIpc) is 2.40. The lowest BCUT2D eigenvalue weighted by Crippen LogP contribution is -2.22. The third-order valence-electron chi connectivity index (χ3n) is 2.92. The van der Waals surface area contributed by atoms with Crippen molar-refractivity contribution in [2.75, 3.05) is 11.9 Å². The molecule has 19 heavy (non-hydrogen) atoms. The molecular weight excluding hydrogens is 243 g/mol. The Bertz CT molecular complexity index is 499. The molecule has 0 unspecified atom stereocenters. The summed E-state index contributed by atoms with van der Waals surface area (Å²) in [7, 11) is 0. The Morgan fingerprint density at radius 2 is 2.11 bits per heavy atom. The summed E-state index contributed by atoms with van der Waals surface area (Å²) < 4.78 is 13.2. The average molecular weight is 262 g/mol. The SMILES string of the molecule is CCC(CC)C(=O)Nc1ccc(F)cc1C#CCN. The second-order valence-corrected chi connectivity index (χ2v) is 4.20. The third kappa shape index (κ3) is 4.38. The molecule has 0 fully saturated rings. The topological polar surface area (TPSA) is 55.1 Å². The van der Waals surface area contributed by atoms with E-state index in [4.69, 9.17) is 5.73 Å². The van der Waals surface area contributed by atoms with Crippen LogP contribution in [0.25, 0.3) is 0 Å². The number of benzene rings is 1. The molecule has 0 bridgehead atoms. The first-order valence-electron chi connectivity index (χ1n) is 6.41. The minimum atomic E-state index is -0.387. The summed E-state index contributed by atoms with van der Waals surface area (Å²) in [6, 6.07) is 4.12. The van der Waals surface area contributed by atoms with E-state index in [1.807, 2.05) is 13.8 Å². The van der Waals surface area contributed by atoms with Gasteiger partial charge in [-0.05, 0) is 31.0 Å². The number of carbonyl (C=O) groups is 1. The monoisotopic (exact) mass is 262 g/mol. The number of nitrogens with one attached hydrogen (secondary N) is 1. The number of carbonyl (C=O) groups excluding carboxylic acids is 1. The third-order valence-corrected chi connectivity index (χ3v) is 2.92. The summed E-state index contributed by atoms with van der Waals surface area (Å²) in [6.07, 6.45) is 1.54. The van der Waals surface area contributed by atoms with Gasteiger partial charge in [0, 0.05) is 5.92 Å². The van der Waals surface area contributed by atoms with E-state index >= 15 is 0 Å². The smallest absolute Gasteiger partial charge is 0.227 e. The van der Waals surface area contributed by atoms with Crippen LogP contribution in [0.2, 0.25) is 0 Å². The van der Waals surface area contributed by atoms with Crippen LogP contribution in [-0.4, -0.2) is 12.5 Å². The van der Waals surface area contributed by atoms with Gasteiger partial charge in [0.2, 0.25) is 5.91 Å². The lowest BCUT2D eigenvalue weighted by molar-refractivity contribution is -0.120. The van der Waals surface area contributed by atoms with Gasteiger partial charge in [0.1, 0.15) is 5.82 Å². The Morgan fingerprint density at radius 1 is 1.42 bits per heavy atom. The van der Waals surface area contributed by atoms with Crippen LogP contribution in [0.1, 0.15) is 32.3 Å². The van der Waals surface area contributed by atoms with Gasteiger partial charge in [-0.2, -0.15) is 0 Å². The van der Waals surface area contributed by atoms with Gasteiger partial charge in [-0.25, -0.2) is 4.39 Å². The van der Waals surface area contributed by atoms with E-state index in [0.717, 1.165) is 12.8 Å². The van der Waals surface area contributed by atoms with Crippen LogP contribution in [0.3, 0.4) is 0 Å². The van der Waals surface area contributed by atoms with Crippen molar-refractivity contribution in [2.24, 2.45) is 11.7 Å². The van der Waals surface area contributed by atoms with Crippen LogP contribution >= 0.6 is 0 Å². The first-order chi connectivity index (χ1) is 9.12. The Hall–Kier alpha value is -1.86. The number of hydrogen-bond acceptors (Lipinski definition) is 2. The van der Waals surface area contributed by atoms with E-state index in [9.17, 15) is 9.18 Å². The van der Waals surface area contributed by atoms with Gasteiger partial charge in [0.25, 0.3) is 0 Å². The van der Waals surface area contributed by atoms with Crippen molar-refractivity contribution in [3.63, 3.8) is 0 Å². The van der Waals surface area contributed by atoms with Crippen molar-refractivity contribution < 1.29 is 9.18 Å². The highest BCUT2D eigenvalue weighted by molar-refractivity contribution is 5.93. The Kier molecular flexibility index (Phi) is 6.04. The van der Waals surface area contributed by atoms with Crippen LogP contribution in [0.15, 0.2) is 18.2 Å². The molecule has 0 aliphatic heterocycles. The lowest BCUT2D eigenvalue weighted by atomic mass is 10.0. The summed E-state index contributed by atoms with van der Waals surface area (Å²) in [5.74, 6) is 4.94. The van der Waals surface area contributed by atoms with Crippen LogP contribution in [0.5, 0.6) is 0 Å². The number of rotatable bonds is 4. The van der Waals surface area contributed by atoms with Gasteiger partial charge >= 0.3 is 0 Å². The molecule has 1 amide bonds. The van der Waals surface area contributed by atoms with Gasteiger partial charge in [-0.15, -0.1) is 0 Å². The molecule has 0 radical (unpaired) electrons. The number of hydrogen-bond donors (Lipinski definition) is 2. The maximum Gasteiger partial charge on any atom is 0.227 e. The van der Waals surface area contributed by atoms with E-state index in [2.05, 4.69) is 17.2 Å². The van der Waals surface area contributed by atoms with Gasteiger partial charge in [0.15, 0.2) is 0 Å². The second kappa shape index (κ2) is 7.55. The van der Waals surface area contributed by atoms with E-state index in [1.54, 1.807) is 0 Å². The van der Waals surface area contributed by atoms with Crippen LogP contribution < -0.4 is 11.1 Å². The maximum atomic E-state index is 13.2. The zero-order valence-electron chi connectivity index (χ0n) is 11.3. The molecule has 0 saturated carbocycles. The molecule has 3 N–H and O–H groups in total. The quantitative estimate of drug-likeness (QED) is 0.819. The summed E-state index contributed by atoms with van der Waals surface area (Å²) >= 11 is 0. The highest BCUT2D eigenvalue weighted by Crippen LogP contribution is 2.18. The summed E-state index contributed by atoms with van der Waals surface area (Å²) in [5, 5.41) is 2.80. The molecule has 0 atom stereocenters. The number of nitrogens with two attached hydrogens (primary N) is 1. The van der Waals surface area contributed by atoms with Crippen molar-refractivity contribution >= 4 is 11.6 Å². The van der Waals surface area contributed by atoms with Crippen LogP contribution in [0, 0.1) is 23.6 Å². The molecule has 0 heterocycles. The molecule has 102 valence electrons. The predicted octanol–water partition coefficient (Wildman–Crippen LogP) is 2.51. The van der Waals surface area contributed by atoms with E-state index in [0.29, 0.717) is 11.3 Å². The molecule has 0 spiro atoms. The van der Waals surface area contributed by atoms with E-state index in [1.165, 1.54) is 18.2 Å². The van der Waals surface area contributed by atoms with Gasteiger partial charge in [-0.1, -0.05) is 25.7 Å². The zero-order chi connectivity index (χ0) is 14.3. The normalized spacial score (nSPS) is 9.95. The van der Waals surface area contributed by atoms with Crippen molar-refractivity contribution in [1.29, 1.82) is 0 Å². The Labute approximate surface area is 113 Å². The fraction of sp³-hybridized carbons (Fsp3) is 0.400. The van der Waals surface area contributed by atoms with Crippen molar-refractivity contribution in [3.05, 3.63) is 29.6 Å². The molecular formula is C15H19FN2O. The minimum absolute atomic E-state index is 0.0413. The standard InChI is InChI=1S/C15H19FN2O/c1-3-11(4-2)15(19)18-14-8-7-13(16)10-12(14)6-5-9-17/h7-8,10-11H,3-4,9,17H2,1-2H3,(H,18,19). The molecule has 1 aromatic rings. The van der Waals surface area contributed by atoms with Gasteiger partial charge < -0.3 is 11.1 Å². The molecule has 1 aromatic carbocycles. The van der Waals surface area contributed by atoms with Gasteiger partial charge in [0.05, 0.1) is 17.8 Å². The molecule has 4 heteroatoms. The largest absolute Gasteiger partial charge is 0.325 e. The Morgan fingerprint density at radius 3 is 2.68 bits per heavy atom. The predicted molar refractivity (Wildman–Crippen MR) is 75.0 cm³/mol. The minimum Gasteiger partial charge on any atom is -0.325 e. The molecule has 3 nitrogen and oxygen atoms in total. The van der Waals surface area contributed by atoms with Crippen LogP contribution in [-0.2, 0) is 4.79 Å². The molecule has 0 saturated heterocycles. The van der Waals surface area contributed by atoms with E-state index in [-0.39, 0.29) is 24.2 Å². The summed E-state index contributed by atoms with van der Waals surface area (Å²) in [4.78, 5) is 12.0. The van der Waals surface area contributed by atoms with Gasteiger partial charge in [-0.3, -0.25) is 4.79 Å². The highest BCUT2D eigenvalue weighted by atomic mass is 19.1. The highest BCUT2D eigenvalue weighted by Gasteiger charge is 2.15.